The maximum atomic E-state index is 11.5. The van der Waals surface area contributed by atoms with E-state index in [0.717, 1.165) is 25.7 Å². The average Bonchev–Trinajstić information content (AvgIpc) is 2.16. The van der Waals surface area contributed by atoms with Crippen molar-refractivity contribution in [2.75, 3.05) is 0 Å². The van der Waals surface area contributed by atoms with Crippen LogP contribution in [-0.4, -0.2) is 24.3 Å². The van der Waals surface area contributed by atoms with Gasteiger partial charge in [-0.3, -0.25) is 0 Å². The summed E-state index contributed by atoms with van der Waals surface area (Å²) < 4.78 is 5.04. The summed E-state index contributed by atoms with van der Waals surface area (Å²) in [4.78, 5) is 11.5. The molecule has 1 amide bonds. The Morgan fingerprint density at radius 1 is 1.50 bits per heavy atom. The fourth-order valence-electron chi connectivity index (χ4n) is 1.77. The molecule has 0 aliphatic heterocycles. The van der Waals surface area contributed by atoms with Crippen LogP contribution in [0.1, 0.15) is 39.5 Å². The Bertz CT molecular complexity index is 251. The molecule has 0 aromatic heterocycles. The van der Waals surface area contributed by atoms with E-state index < -0.39 is 0 Å². The Hall–Kier alpha value is -1.03. The van der Waals surface area contributed by atoms with E-state index in [1.54, 1.807) is 0 Å². The first-order chi connectivity index (χ1) is 7.59. The van der Waals surface area contributed by atoms with Crippen molar-refractivity contribution in [2.45, 2.75) is 57.7 Å². The molecule has 4 nitrogen and oxygen atoms in total. The van der Waals surface area contributed by atoms with Gasteiger partial charge in [-0.2, -0.15) is 0 Å². The minimum absolute atomic E-state index is 0.0113. The molecular weight excluding hydrogens is 204 g/mol. The molecule has 0 heterocycles. The summed E-state index contributed by atoms with van der Waals surface area (Å²) in [5, 5.41) is 2.83. The van der Waals surface area contributed by atoms with Gasteiger partial charge in [-0.25, -0.2) is 4.79 Å². The minimum atomic E-state index is -0.371. The second-order valence-electron chi connectivity index (χ2n) is 4.51. The van der Waals surface area contributed by atoms with Crippen molar-refractivity contribution in [2.24, 2.45) is 5.73 Å². The molecule has 2 atom stereocenters. The van der Waals surface area contributed by atoms with E-state index in [1.807, 2.05) is 13.8 Å². The second-order valence-corrected chi connectivity index (χ2v) is 4.51. The first kappa shape index (κ1) is 13.0. The highest BCUT2D eigenvalue weighted by atomic mass is 16.6. The Morgan fingerprint density at radius 2 is 2.25 bits per heavy atom. The summed E-state index contributed by atoms with van der Waals surface area (Å²) in [5.74, 6) is 0. The molecule has 0 fully saturated rings. The zero-order valence-electron chi connectivity index (χ0n) is 10.1. The van der Waals surface area contributed by atoms with Gasteiger partial charge >= 0.3 is 6.09 Å². The number of nitrogens with one attached hydrogen (secondary N) is 1. The topological polar surface area (TPSA) is 64.3 Å². The van der Waals surface area contributed by atoms with E-state index in [1.165, 1.54) is 0 Å². The van der Waals surface area contributed by atoms with E-state index in [4.69, 9.17) is 10.5 Å². The molecule has 92 valence electrons. The molecule has 3 N–H and O–H groups in total. The number of hydrogen-bond acceptors (Lipinski definition) is 3. The Kier molecular flexibility index (Phi) is 5.32. The fourth-order valence-corrected chi connectivity index (χ4v) is 1.77. The SMILES string of the molecule is CC(C)OC(=O)NC1C/C=C/CCCC1N. The number of alkyl carbamates (subject to hydrolysis) is 1. The third-order valence-corrected chi connectivity index (χ3v) is 2.63. The van der Waals surface area contributed by atoms with E-state index in [9.17, 15) is 4.79 Å². The van der Waals surface area contributed by atoms with Crippen LogP contribution in [0.5, 0.6) is 0 Å². The smallest absolute Gasteiger partial charge is 0.407 e. The van der Waals surface area contributed by atoms with Crippen LogP contribution in [0.15, 0.2) is 12.2 Å². The second kappa shape index (κ2) is 6.53. The summed E-state index contributed by atoms with van der Waals surface area (Å²) in [6, 6.07) is 0.00691. The van der Waals surface area contributed by atoms with Crippen molar-refractivity contribution in [3.8, 4) is 0 Å². The number of carbonyl (C=O) groups excluding carboxylic acids is 1. The molecule has 1 aliphatic carbocycles. The molecule has 1 aliphatic rings. The zero-order valence-corrected chi connectivity index (χ0v) is 10.1. The van der Waals surface area contributed by atoms with Crippen LogP contribution >= 0.6 is 0 Å². The predicted octanol–water partition coefficient (Wildman–Crippen LogP) is 1.95. The molecule has 16 heavy (non-hydrogen) atoms. The molecule has 0 radical (unpaired) electrons. The van der Waals surface area contributed by atoms with Gasteiger partial charge in [0.1, 0.15) is 0 Å². The number of amides is 1. The quantitative estimate of drug-likeness (QED) is 0.707. The third kappa shape index (κ3) is 4.66. The molecule has 0 aromatic carbocycles. The van der Waals surface area contributed by atoms with Crippen molar-refractivity contribution in [3.05, 3.63) is 12.2 Å². The minimum Gasteiger partial charge on any atom is -0.447 e. The number of ether oxygens (including phenoxy) is 1. The molecule has 0 spiro atoms. The molecule has 0 aromatic rings. The normalized spacial score (nSPS) is 28.0. The summed E-state index contributed by atoms with van der Waals surface area (Å²) >= 11 is 0. The lowest BCUT2D eigenvalue weighted by molar-refractivity contribution is 0.110. The van der Waals surface area contributed by atoms with Crippen LogP contribution in [0.25, 0.3) is 0 Å². The van der Waals surface area contributed by atoms with E-state index in [-0.39, 0.29) is 24.3 Å². The van der Waals surface area contributed by atoms with Gasteiger partial charge in [0.25, 0.3) is 0 Å². The Labute approximate surface area is 97.2 Å². The van der Waals surface area contributed by atoms with Crippen LogP contribution in [0, 0.1) is 0 Å². The predicted molar refractivity (Wildman–Crippen MR) is 64.1 cm³/mol. The largest absolute Gasteiger partial charge is 0.447 e. The number of hydrogen-bond donors (Lipinski definition) is 2. The lowest BCUT2D eigenvalue weighted by atomic mass is 9.97. The van der Waals surface area contributed by atoms with Gasteiger partial charge < -0.3 is 15.8 Å². The summed E-state index contributed by atoms with van der Waals surface area (Å²) in [6.45, 7) is 3.66. The Morgan fingerprint density at radius 3 is 2.94 bits per heavy atom. The van der Waals surface area contributed by atoms with Crippen LogP contribution in [-0.2, 0) is 4.74 Å². The maximum Gasteiger partial charge on any atom is 0.407 e. The molecule has 0 saturated carbocycles. The summed E-state index contributed by atoms with van der Waals surface area (Å²) in [5.41, 5.74) is 6.02. The lowest BCUT2D eigenvalue weighted by Gasteiger charge is -2.25. The highest BCUT2D eigenvalue weighted by molar-refractivity contribution is 5.67. The third-order valence-electron chi connectivity index (χ3n) is 2.63. The highest BCUT2D eigenvalue weighted by Crippen LogP contribution is 2.11. The molecule has 0 bridgehead atoms. The van der Waals surface area contributed by atoms with Crippen molar-refractivity contribution in [1.82, 2.24) is 5.32 Å². The molecule has 4 heteroatoms. The van der Waals surface area contributed by atoms with Gasteiger partial charge in [-0.15, -0.1) is 0 Å². The fraction of sp³-hybridized carbons (Fsp3) is 0.750. The van der Waals surface area contributed by atoms with Gasteiger partial charge in [0.05, 0.1) is 12.1 Å². The van der Waals surface area contributed by atoms with Crippen molar-refractivity contribution < 1.29 is 9.53 Å². The number of carbonyl (C=O) groups is 1. The van der Waals surface area contributed by atoms with Crippen molar-refractivity contribution >= 4 is 6.09 Å². The van der Waals surface area contributed by atoms with E-state index in [2.05, 4.69) is 17.5 Å². The molecule has 1 rings (SSSR count). The van der Waals surface area contributed by atoms with Crippen molar-refractivity contribution in [3.63, 3.8) is 0 Å². The molecular formula is C12H22N2O2. The average molecular weight is 226 g/mol. The summed E-state index contributed by atoms with van der Waals surface area (Å²) in [7, 11) is 0. The van der Waals surface area contributed by atoms with Crippen LogP contribution < -0.4 is 11.1 Å². The van der Waals surface area contributed by atoms with E-state index >= 15 is 0 Å². The van der Waals surface area contributed by atoms with Gasteiger partial charge in [-0.1, -0.05) is 12.2 Å². The highest BCUT2D eigenvalue weighted by Gasteiger charge is 2.20. The number of allylic oxidation sites excluding steroid dienone is 1. The van der Waals surface area contributed by atoms with Crippen LogP contribution in [0.4, 0.5) is 4.79 Å². The van der Waals surface area contributed by atoms with Gasteiger partial charge in [0, 0.05) is 6.04 Å². The first-order valence-corrected chi connectivity index (χ1v) is 5.97. The zero-order chi connectivity index (χ0) is 12.0. The van der Waals surface area contributed by atoms with Crippen LogP contribution in [0.3, 0.4) is 0 Å². The van der Waals surface area contributed by atoms with Crippen molar-refractivity contribution in [1.29, 1.82) is 0 Å². The number of rotatable bonds is 2. The van der Waals surface area contributed by atoms with Crippen LogP contribution in [0.2, 0.25) is 0 Å². The Balaban J connectivity index is 2.45. The maximum absolute atomic E-state index is 11.5. The molecule has 0 saturated heterocycles. The monoisotopic (exact) mass is 226 g/mol. The van der Waals surface area contributed by atoms with Gasteiger partial charge in [0.15, 0.2) is 0 Å². The number of nitrogens with two attached hydrogens (primary N) is 1. The van der Waals surface area contributed by atoms with Gasteiger partial charge in [-0.05, 0) is 39.5 Å². The standard InChI is InChI=1S/C12H22N2O2/c1-9(2)16-12(15)14-11-8-6-4-3-5-7-10(11)13/h4,6,9-11H,3,5,7-8,13H2,1-2H3,(H,14,15)/b6-4+. The summed E-state index contributed by atoms with van der Waals surface area (Å²) in [6.07, 6.45) is 7.65. The van der Waals surface area contributed by atoms with Gasteiger partial charge in [0.2, 0.25) is 0 Å². The first-order valence-electron chi connectivity index (χ1n) is 5.97. The molecule has 2 unspecified atom stereocenters. The lowest BCUT2D eigenvalue weighted by Crippen LogP contribution is -2.48. The van der Waals surface area contributed by atoms with E-state index in [0.29, 0.717) is 0 Å².